The number of hydrogen-bond acceptors (Lipinski definition) is 5. The van der Waals surface area contributed by atoms with Crippen LogP contribution in [0.2, 0.25) is 5.02 Å². The summed E-state index contributed by atoms with van der Waals surface area (Å²) in [4.78, 5) is 5.06. The lowest BCUT2D eigenvalue weighted by Crippen LogP contribution is -2.40. The zero-order valence-corrected chi connectivity index (χ0v) is 19.1. The summed E-state index contributed by atoms with van der Waals surface area (Å²) in [6.07, 6.45) is 0.962. The van der Waals surface area contributed by atoms with E-state index < -0.39 is 10.0 Å². The standard InChI is InChI=1S/C21H24ClN3O3S2/c1-2-8-25-20-7-6-18(30(26,27)24-9-11-28-12-10-24)14-19(20)23-21(25)29-15-16-4-3-5-17(22)13-16/h3-7,13-14H,2,8-12,15H2,1H3. The number of rotatable bonds is 7. The fraction of sp³-hybridized carbons (Fsp3) is 0.381. The van der Waals surface area contributed by atoms with E-state index in [1.165, 1.54) is 4.31 Å². The number of halogens is 1. The first-order valence-corrected chi connectivity index (χ1v) is 12.7. The summed E-state index contributed by atoms with van der Waals surface area (Å²) in [5.74, 6) is 0.743. The molecule has 1 aromatic heterocycles. The average Bonchev–Trinajstić information content (AvgIpc) is 3.10. The maximum absolute atomic E-state index is 13.0. The quantitative estimate of drug-likeness (QED) is 0.483. The van der Waals surface area contributed by atoms with E-state index in [4.69, 9.17) is 21.3 Å². The largest absolute Gasteiger partial charge is 0.379 e. The molecule has 1 fully saturated rings. The second kappa shape index (κ2) is 9.28. The second-order valence-corrected chi connectivity index (χ2v) is 10.4. The highest BCUT2D eigenvalue weighted by atomic mass is 35.5. The highest BCUT2D eigenvalue weighted by Gasteiger charge is 2.27. The highest BCUT2D eigenvalue weighted by Crippen LogP contribution is 2.30. The van der Waals surface area contributed by atoms with Crippen molar-refractivity contribution in [2.45, 2.75) is 35.7 Å². The molecule has 0 unspecified atom stereocenters. The van der Waals surface area contributed by atoms with Gasteiger partial charge in [-0.25, -0.2) is 13.4 Å². The zero-order chi connectivity index (χ0) is 21.1. The van der Waals surface area contributed by atoms with Crippen LogP contribution in [0.3, 0.4) is 0 Å². The van der Waals surface area contributed by atoms with E-state index in [0.717, 1.165) is 35.0 Å². The van der Waals surface area contributed by atoms with Crippen LogP contribution < -0.4 is 0 Å². The first-order chi connectivity index (χ1) is 14.5. The van der Waals surface area contributed by atoms with Gasteiger partial charge in [-0.15, -0.1) is 0 Å². The van der Waals surface area contributed by atoms with Crippen LogP contribution in [0.25, 0.3) is 11.0 Å². The molecule has 2 heterocycles. The van der Waals surface area contributed by atoms with Gasteiger partial charge < -0.3 is 9.30 Å². The van der Waals surface area contributed by atoms with E-state index in [-0.39, 0.29) is 4.90 Å². The number of hydrogen-bond donors (Lipinski definition) is 0. The van der Waals surface area contributed by atoms with Gasteiger partial charge in [-0.1, -0.05) is 42.4 Å². The summed E-state index contributed by atoms with van der Waals surface area (Å²) in [5, 5.41) is 1.60. The number of ether oxygens (including phenoxy) is 1. The van der Waals surface area contributed by atoms with E-state index in [2.05, 4.69) is 11.5 Å². The Morgan fingerprint density at radius 2 is 1.97 bits per heavy atom. The zero-order valence-electron chi connectivity index (χ0n) is 16.8. The first kappa shape index (κ1) is 21.6. The second-order valence-electron chi connectivity index (χ2n) is 7.13. The van der Waals surface area contributed by atoms with Crippen molar-refractivity contribution in [3.63, 3.8) is 0 Å². The molecule has 6 nitrogen and oxygen atoms in total. The number of nitrogens with zero attached hydrogens (tertiary/aromatic N) is 3. The van der Waals surface area contributed by atoms with Gasteiger partial charge in [0.25, 0.3) is 0 Å². The first-order valence-electron chi connectivity index (χ1n) is 9.94. The van der Waals surface area contributed by atoms with Crippen molar-refractivity contribution in [2.75, 3.05) is 26.3 Å². The molecule has 1 aliphatic heterocycles. The normalized spacial score (nSPS) is 15.7. The molecular weight excluding hydrogens is 442 g/mol. The number of aromatic nitrogens is 2. The molecular formula is C21H24ClN3O3S2. The Morgan fingerprint density at radius 3 is 2.70 bits per heavy atom. The van der Waals surface area contributed by atoms with E-state index in [1.807, 2.05) is 30.3 Å². The number of benzene rings is 2. The average molecular weight is 466 g/mol. The third-order valence-electron chi connectivity index (χ3n) is 5.00. The van der Waals surface area contributed by atoms with Crippen molar-refractivity contribution < 1.29 is 13.2 Å². The molecule has 4 rings (SSSR count). The van der Waals surface area contributed by atoms with Crippen molar-refractivity contribution in [3.8, 4) is 0 Å². The lowest BCUT2D eigenvalue weighted by atomic mass is 10.2. The van der Waals surface area contributed by atoms with Gasteiger partial charge in [-0.05, 0) is 42.3 Å². The summed E-state index contributed by atoms with van der Waals surface area (Å²) < 4.78 is 34.9. The molecule has 30 heavy (non-hydrogen) atoms. The minimum Gasteiger partial charge on any atom is -0.379 e. The van der Waals surface area contributed by atoms with Crippen LogP contribution in [0.1, 0.15) is 18.9 Å². The number of aryl methyl sites for hydroxylation is 1. The van der Waals surface area contributed by atoms with Gasteiger partial charge in [0.2, 0.25) is 10.0 Å². The van der Waals surface area contributed by atoms with E-state index in [1.54, 1.807) is 23.9 Å². The number of imidazole rings is 1. The van der Waals surface area contributed by atoms with E-state index in [9.17, 15) is 8.42 Å². The Morgan fingerprint density at radius 1 is 1.17 bits per heavy atom. The maximum atomic E-state index is 13.0. The van der Waals surface area contributed by atoms with E-state index >= 15 is 0 Å². The van der Waals surface area contributed by atoms with Crippen molar-refractivity contribution in [1.82, 2.24) is 13.9 Å². The minimum atomic E-state index is -3.55. The van der Waals surface area contributed by atoms with Gasteiger partial charge in [0.15, 0.2) is 5.16 Å². The molecule has 0 saturated carbocycles. The topological polar surface area (TPSA) is 64.4 Å². The third-order valence-corrected chi connectivity index (χ3v) is 8.17. The van der Waals surface area contributed by atoms with Crippen LogP contribution in [-0.2, 0) is 27.1 Å². The Bertz CT molecular complexity index is 1140. The van der Waals surface area contributed by atoms with Crippen molar-refractivity contribution in [2.24, 2.45) is 0 Å². The number of morpholine rings is 1. The summed E-state index contributed by atoms with van der Waals surface area (Å²) in [6, 6.07) is 13.0. The molecule has 0 amide bonds. The molecule has 1 aliphatic rings. The lowest BCUT2D eigenvalue weighted by molar-refractivity contribution is 0.0730. The van der Waals surface area contributed by atoms with Crippen LogP contribution in [0.4, 0.5) is 0 Å². The monoisotopic (exact) mass is 465 g/mol. The molecule has 0 aliphatic carbocycles. The Labute approximate surface area is 186 Å². The molecule has 0 spiro atoms. The van der Waals surface area contributed by atoms with E-state index in [0.29, 0.717) is 36.8 Å². The smallest absolute Gasteiger partial charge is 0.243 e. The Hall–Kier alpha value is -1.58. The molecule has 0 atom stereocenters. The molecule has 9 heteroatoms. The molecule has 0 bridgehead atoms. The van der Waals surface area contributed by atoms with Crippen molar-refractivity contribution in [3.05, 3.63) is 53.1 Å². The van der Waals surface area contributed by atoms with Crippen molar-refractivity contribution in [1.29, 1.82) is 0 Å². The SMILES string of the molecule is CCCn1c(SCc2cccc(Cl)c2)nc2cc(S(=O)(=O)N3CCOCC3)ccc21. The van der Waals surface area contributed by atoms with Crippen LogP contribution in [0.5, 0.6) is 0 Å². The van der Waals surface area contributed by atoms with Gasteiger partial charge in [0.05, 0.1) is 29.1 Å². The molecule has 3 aromatic rings. The van der Waals surface area contributed by atoms with Gasteiger partial charge in [0.1, 0.15) is 0 Å². The minimum absolute atomic E-state index is 0.282. The Kier molecular flexibility index (Phi) is 6.69. The van der Waals surface area contributed by atoms with Crippen molar-refractivity contribution >= 4 is 44.4 Å². The fourth-order valence-corrected chi connectivity index (χ4v) is 6.13. The fourth-order valence-electron chi connectivity index (χ4n) is 3.51. The van der Waals surface area contributed by atoms with Gasteiger partial charge in [-0.2, -0.15) is 4.31 Å². The van der Waals surface area contributed by atoms with Gasteiger partial charge >= 0.3 is 0 Å². The Balaban J connectivity index is 1.65. The summed E-state index contributed by atoms with van der Waals surface area (Å²) in [6.45, 7) is 4.56. The summed E-state index contributed by atoms with van der Waals surface area (Å²) in [5.41, 5.74) is 2.77. The molecule has 0 radical (unpaired) electrons. The highest BCUT2D eigenvalue weighted by molar-refractivity contribution is 7.98. The van der Waals surface area contributed by atoms with Gasteiger partial charge in [-0.3, -0.25) is 0 Å². The molecule has 160 valence electrons. The van der Waals surface area contributed by atoms with Crippen LogP contribution in [0.15, 0.2) is 52.5 Å². The molecule has 1 saturated heterocycles. The van der Waals surface area contributed by atoms with Gasteiger partial charge in [0, 0.05) is 30.4 Å². The van der Waals surface area contributed by atoms with Crippen LogP contribution in [0, 0.1) is 0 Å². The van der Waals surface area contributed by atoms with Crippen LogP contribution in [-0.4, -0.2) is 48.6 Å². The number of thioether (sulfide) groups is 1. The summed E-state index contributed by atoms with van der Waals surface area (Å²) in [7, 11) is -3.55. The predicted octanol–water partition coefficient (Wildman–Crippen LogP) is 4.41. The third kappa shape index (κ3) is 4.53. The number of sulfonamides is 1. The molecule has 2 aromatic carbocycles. The summed E-state index contributed by atoms with van der Waals surface area (Å²) >= 11 is 7.73. The molecule has 0 N–H and O–H groups in total. The maximum Gasteiger partial charge on any atom is 0.243 e. The lowest BCUT2D eigenvalue weighted by Gasteiger charge is -2.26. The van der Waals surface area contributed by atoms with Crippen LogP contribution >= 0.6 is 23.4 Å². The number of fused-ring (bicyclic) bond motifs is 1. The predicted molar refractivity (Wildman–Crippen MR) is 121 cm³/mol.